The summed E-state index contributed by atoms with van der Waals surface area (Å²) in [6, 6.07) is 20.9. The molecule has 0 amide bonds. The molecular weight excluding hydrogens is 600 g/mol. The maximum absolute atomic E-state index is 6.36. The highest BCUT2D eigenvalue weighted by Gasteiger charge is 2.10. The maximum Gasteiger partial charge on any atom is 0.127 e. The Morgan fingerprint density at radius 3 is 1.39 bits per heavy atom. The van der Waals surface area contributed by atoms with E-state index in [1.165, 1.54) is 38.5 Å². The van der Waals surface area contributed by atoms with Gasteiger partial charge in [-0.05, 0) is 60.4 Å². The molecule has 0 aliphatic carbocycles. The average Bonchev–Trinajstić information content (AvgIpc) is 2.91. The summed E-state index contributed by atoms with van der Waals surface area (Å²) in [6.45, 7) is 5.89. The molecule has 0 atom stereocenters. The third-order valence-electron chi connectivity index (χ3n) is 6.26. The van der Waals surface area contributed by atoms with E-state index in [1.807, 2.05) is 12.1 Å². The van der Waals surface area contributed by atoms with E-state index in [-0.39, 0.29) is 0 Å². The SMILES string of the molecule is CCCCCCOc1cc(/C=C/c2cccc(Br)c2)c(OCCCCCC)cc1/C=C/c1cccc(Br)c1. The van der Waals surface area contributed by atoms with Crippen molar-refractivity contribution in [3.63, 3.8) is 0 Å². The Morgan fingerprint density at radius 2 is 1.00 bits per heavy atom. The lowest BCUT2D eigenvalue weighted by molar-refractivity contribution is 0.296. The number of rotatable bonds is 16. The molecule has 38 heavy (non-hydrogen) atoms. The molecule has 0 aliphatic rings. The lowest BCUT2D eigenvalue weighted by Gasteiger charge is -2.15. The third kappa shape index (κ3) is 10.8. The molecule has 2 nitrogen and oxygen atoms in total. The number of halogens is 2. The molecule has 0 aliphatic heterocycles. The van der Waals surface area contributed by atoms with Crippen LogP contribution < -0.4 is 9.47 Å². The van der Waals surface area contributed by atoms with Crippen molar-refractivity contribution in [2.24, 2.45) is 0 Å². The second kappa shape index (κ2) is 17.3. The highest BCUT2D eigenvalue weighted by atomic mass is 79.9. The number of hydrogen-bond acceptors (Lipinski definition) is 2. The van der Waals surface area contributed by atoms with Gasteiger partial charge in [-0.25, -0.2) is 0 Å². The van der Waals surface area contributed by atoms with Crippen molar-refractivity contribution < 1.29 is 9.47 Å². The quantitative estimate of drug-likeness (QED) is 0.115. The molecule has 0 spiro atoms. The van der Waals surface area contributed by atoms with E-state index in [2.05, 4.69) is 119 Å². The first-order valence-electron chi connectivity index (χ1n) is 13.9. The van der Waals surface area contributed by atoms with Gasteiger partial charge < -0.3 is 9.47 Å². The summed E-state index contributed by atoms with van der Waals surface area (Å²) in [6.07, 6.45) is 17.9. The normalized spacial score (nSPS) is 11.5. The molecule has 3 aromatic rings. The molecule has 0 saturated carbocycles. The molecule has 0 heterocycles. The molecule has 3 aromatic carbocycles. The average molecular weight is 641 g/mol. The second-order valence-electron chi connectivity index (χ2n) is 9.52. The molecule has 0 aromatic heterocycles. The summed E-state index contributed by atoms with van der Waals surface area (Å²) in [4.78, 5) is 0. The first kappa shape index (κ1) is 30.2. The van der Waals surface area contributed by atoms with Crippen LogP contribution >= 0.6 is 31.9 Å². The monoisotopic (exact) mass is 638 g/mol. The van der Waals surface area contributed by atoms with E-state index < -0.39 is 0 Å². The molecule has 0 N–H and O–H groups in total. The van der Waals surface area contributed by atoms with Gasteiger partial charge in [-0.2, -0.15) is 0 Å². The van der Waals surface area contributed by atoms with Gasteiger partial charge in [0.15, 0.2) is 0 Å². The number of unbranched alkanes of at least 4 members (excludes halogenated alkanes) is 6. The predicted molar refractivity (Wildman–Crippen MR) is 172 cm³/mol. The molecule has 0 unspecified atom stereocenters. The second-order valence-corrected chi connectivity index (χ2v) is 11.4. The van der Waals surface area contributed by atoms with Crippen molar-refractivity contribution in [1.29, 1.82) is 0 Å². The molecular formula is C34H40Br2O2. The van der Waals surface area contributed by atoms with Crippen molar-refractivity contribution in [3.05, 3.63) is 91.9 Å². The first-order chi connectivity index (χ1) is 18.6. The van der Waals surface area contributed by atoms with E-state index >= 15 is 0 Å². The molecule has 3 rings (SSSR count). The Kier molecular flexibility index (Phi) is 13.8. The zero-order valence-corrected chi connectivity index (χ0v) is 25.9. The minimum Gasteiger partial charge on any atom is -0.493 e. The highest BCUT2D eigenvalue weighted by molar-refractivity contribution is 9.10. The van der Waals surface area contributed by atoms with Crippen LogP contribution in [0.3, 0.4) is 0 Å². The summed E-state index contributed by atoms with van der Waals surface area (Å²) in [7, 11) is 0. The lowest BCUT2D eigenvalue weighted by atomic mass is 10.0. The maximum atomic E-state index is 6.36. The number of hydrogen-bond donors (Lipinski definition) is 0. The first-order valence-corrected chi connectivity index (χ1v) is 15.5. The van der Waals surface area contributed by atoms with Gasteiger partial charge in [0.1, 0.15) is 11.5 Å². The van der Waals surface area contributed by atoms with Crippen molar-refractivity contribution in [1.82, 2.24) is 0 Å². The molecule has 0 fully saturated rings. The van der Waals surface area contributed by atoms with Crippen LogP contribution in [0.4, 0.5) is 0 Å². The van der Waals surface area contributed by atoms with E-state index in [0.717, 1.165) is 55.5 Å². The van der Waals surface area contributed by atoms with Crippen LogP contribution in [0.2, 0.25) is 0 Å². The van der Waals surface area contributed by atoms with Gasteiger partial charge in [-0.15, -0.1) is 0 Å². The Hall–Kier alpha value is -2.30. The minimum atomic E-state index is 0.712. The summed E-state index contributed by atoms with van der Waals surface area (Å²) in [5, 5.41) is 0. The smallest absolute Gasteiger partial charge is 0.127 e. The van der Waals surface area contributed by atoms with Gasteiger partial charge >= 0.3 is 0 Å². The van der Waals surface area contributed by atoms with Crippen molar-refractivity contribution >= 4 is 56.2 Å². The van der Waals surface area contributed by atoms with Crippen LogP contribution in [0.25, 0.3) is 24.3 Å². The van der Waals surface area contributed by atoms with Crippen LogP contribution in [0.15, 0.2) is 69.6 Å². The van der Waals surface area contributed by atoms with Crippen LogP contribution in [0.1, 0.15) is 87.5 Å². The number of benzene rings is 3. The van der Waals surface area contributed by atoms with Crippen LogP contribution in [-0.4, -0.2) is 13.2 Å². The van der Waals surface area contributed by atoms with E-state index in [9.17, 15) is 0 Å². The summed E-state index contributed by atoms with van der Waals surface area (Å²) in [5.41, 5.74) is 4.33. The minimum absolute atomic E-state index is 0.712. The van der Waals surface area contributed by atoms with Crippen molar-refractivity contribution in [3.8, 4) is 11.5 Å². The van der Waals surface area contributed by atoms with Crippen molar-refractivity contribution in [2.45, 2.75) is 65.2 Å². The summed E-state index contributed by atoms with van der Waals surface area (Å²) >= 11 is 7.15. The lowest BCUT2D eigenvalue weighted by Crippen LogP contribution is -2.03. The van der Waals surface area contributed by atoms with Gasteiger partial charge in [-0.3, -0.25) is 0 Å². The van der Waals surface area contributed by atoms with Gasteiger partial charge in [0, 0.05) is 20.1 Å². The van der Waals surface area contributed by atoms with E-state index in [4.69, 9.17) is 9.47 Å². The van der Waals surface area contributed by atoms with Crippen LogP contribution in [0, 0.1) is 0 Å². The van der Waals surface area contributed by atoms with Gasteiger partial charge in [0.2, 0.25) is 0 Å². The van der Waals surface area contributed by atoms with Gasteiger partial charge in [0.05, 0.1) is 13.2 Å². The predicted octanol–water partition coefficient (Wildman–Crippen LogP) is 11.5. The molecule has 0 bridgehead atoms. The molecule has 0 saturated heterocycles. The van der Waals surface area contributed by atoms with E-state index in [1.54, 1.807) is 0 Å². The van der Waals surface area contributed by atoms with Gasteiger partial charge in [-0.1, -0.05) is 133 Å². The Balaban J connectivity index is 1.93. The van der Waals surface area contributed by atoms with Crippen LogP contribution in [0.5, 0.6) is 11.5 Å². The van der Waals surface area contributed by atoms with E-state index in [0.29, 0.717) is 13.2 Å². The summed E-state index contributed by atoms with van der Waals surface area (Å²) < 4.78 is 14.9. The Morgan fingerprint density at radius 1 is 0.553 bits per heavy atom. The zero-order chi connectivity index (χ0) is 27.0. The highest BCUT2D eigenvalue weighted by Crippen LogP contribution is 2.33. The zero-order valence-electron chi connectivity index (χ0n) is 22.7. The van der Waals surface area contributed by atoms with Gasteiger partial charge in [0.25, 0.3) is 0 Å². The topological polar surface area (TPSA) is 18.5 Å². The Labute approximate surface area is 246 Å². The third-order valence-corrected chi connectivity index (χ3v) is 7.25. The molecule has 0 radical (unpaired) electrons. The number of ether oxygens (including phenoxy) is 2. The largest absolute Gasteiger partial charge is 0.493 e. The van der Waals surface area contributed by atoms with Crippen LogP contribution in [-0.2, 0) is 0 Å². The molecule has 202 valence electrons. The molecule has 4 heteroatoms. The fourth-order valence-corrected chi connectivity index (χ4v) is 4.95. The van der Waals surface area contributed by atoms with Crippen molar-refractivity contribution in [2.75, 3.05) is 13.2 Å². The fraction of sp³-hybridized carbons (Fsp3) is 0.353. The standard InChI is InChI=1S/C34H40Br2O2/c1-3-5-7-9-21-37-33-25-30(20-18-28-14-12-16-32(36)24-28)34(38-22-10-8-6-4-2)26-29(33)19-17-27-13-11-15-31(35)23-27/h11-20,23-26H,3-10,21-22H2,1-2H3/b19-17+,20-18+. The fourth-order valence-electron chi connectivity index (χ4n) is 4.12. The Bertz CT molecular complexity index is 1090. The summed E-state index contributed by atoms with van der Waals surface area (Å²) in [5.74, 6) is 1.78.